The van der Waals surface area contributed by atoms with Crippen LogP contribution in [-0.2, 0) is 9.53 Å². The molecule has 53 valence electrons. The molecule has 0 fully saturated rings. The molecule has 0 saturated carbocycles. The average molecular weight is 195 g/mol. The first-order chi connectivity index (χ1) is 4.22. The molecule has 0 bridgehead atoms. The topological polar surface area (TPSA) is 52.3 Å². The molecular formula is C5H10NO2Se. The van der Waals surface area contributed by atoms with E-state index >= 15 is 0 Å². The number of hydrogen-bond acceptors (Lipinski definition) is 3. The van der Waals surface area contributed by atoms with E-state index in [9.17, 15) is 4.79 Å². The zero-order chi connectivity index (χ0) is 7.28. The molecule has 0 aliphatic heterocycles. The van der Waals surface area contributed by atoms with Crippen LogP contribution in [0.5, 0.6) is 0 Å². The van der Waals surface area contributed by atoms with Crippen molar-refractivity contribution in [3.8, 4) is 0 Å². The van der Waals surface area contributed by atoms with Crippen molar-refractivity contribution >= 4 is 22.0 Å². The van der Waals surface area contributed by atoms with Gasteiger partial charge in [-0.3, -0.25) is 0 Å². The molecule has 0 spiro atoms. The monoisotopic (exact) mass is 196 g/mol. The normalized spacial score (nSPS) is 12.8. The Labute approximate surface area is 62.7 Å². The molecule has 3 nitrogen and oxygen atoms in total. The van der Waals surface area contributed by atoms with Crippen molar-refractivity contribution in [3.63, 3.8) is 0 Å². The van der Waals surface area contributed by atoms with Gasteiger partial charge in [-0.05, 0) is 0 Å². The maximum atomic E-state index is 10.6. The van der Waals surface area contributed by atoms with Crippen molar-refractivity contribution in [2.24, 2.45) is 5.73 Å². The van der Waals surface area contributed by atoms with E-state index < -0.39 is 6.04 Å². The number of carbonyl (C=O) groups excluding carboxylic acids is 1. The first kappa shape index (κ1) is 8.95. The van der Waals surface area contributed by atoms with Gasteiger partial charge in [0.1, 0.15) is 0 Å². The standard InChI is InChI=1S/C5H10NO2Se/c1-2-8-5(7)4(6)3-9/h4H,2-3,6H2,1H3. The van der Waals surface area contributed by atoms with Crippen LogP contribution in [0.15, 0.2) is 0 Å². The summed E-state index contributed by atoms with van der Waals surface area (Å²) in [5.74, 6) is -0.337. The van der Waals surface area contributed by atoms with Crippen LogP contribution in [0.4, 0.5) is 0 Å². The second-order valence-electron chi connectivity index (χ2n) is 1.53. The Morgan fingerprint density at radius 1 is 1.89 bits per heavy atom. The van der Waals surface area contributed by atoms with Crippen LogP contribution < -0.4 is 5.73 Å². The van der Waals surface area contributed by atoms with Crippen LogP contribution in [0.1, 0.15) is 6.92 Å². The molecule has 1 unspecified atom stereocenters. The summed E-state index contributed by atoms with van der Waals surface area (Å²) in [7, 11) is 0. The van der Waals surface area contributed by atoms with Gasteiger partial charge in [0.25, 0.3) is 0 Å². The second kappa shape index (κ2) is 4.79. The first-order valence-electron chi connectivity index (χ1n) is 2.72. The number of nitrogens with two attached hydrogens (primary N) is 1. The molecule has 1 atom stereocenters. The zero-order valence-electron chi connectivity index (χ0n) is 5.29. The third-order valence-corrected chi connectivity index (χ3v) is 1.52. The van der Waals surface area contributed by atoms with Gasteiger partial charge in [0.05, 0.1) is 0 Å². The molecule has 0 aliphatic rings. The fraction of sp³-hybridized carbons (Fsp3) is 0.800. The minimum absolute atomic E-state index is 0.337. The van der Waals surface area contributed by atoms with E-state index in [1.54, 1.807) is 6.92 Å². The summed E-state index contributed by atoms with van der Waals surface area (Å²) in [5, 5.41) is 0.513. The van der Waals surface area contributed by atoms with Gasteiger partial charge >= 0.3 is 62.1 Å². The summed E-state index contributed by atoms with van der Waals surface area (Å²) in [6.45, 7) is 2.15. The Bertz CT molecular complexity index is 97.0. The van der Waals surface area contributed by atoms with Crippen LogP contribution in [0, 0.1) is 0 Å². The predicted molar refractivity (Wildman–Crippen MR) is 35.2 cm³/mol. The van der Waals surface area contributed by atoms with Gasteiger partial charge in [-0.2, -0.15) is 0 Å². The van der Waals surface area contributed by atoms with Gasteiger partial charge in [-0.15, -0.1) is 0 Å². The third-order valence-electron chi connectivity index (χ3n) is 0.769. The summed E-state index contributed by atoms with van der Waals surface area (Å²) in [5.41, 5.74) is 5.30. The molecule has 2 N–H and O–H groups in total. The van der Waals surface area contributed by atoms with Gasteiger partial charge in [0, 0.05) is 0 Å². The molecule has 0 aromatic carbocycles. The van der Waals surface area contributed by atoms with Crippen molar-refractivity contribution in [1.29, 1.82) is 0 Å². The van der Waals surface area contributed by atoms with Gasteiger partial charge in [0.15, 0.2) is 0 Å². The van der Waals surface area contributed by atoms with Crippen LogP contribution in [0.25, 0.3) is 0 Å². The molecule has 0 saturated heterocycles. The average Bonchev–Trinajstić information content (AvgIpc) is 1.87. The summed E-state index contributed by atoms with van der Waals surface area (Å²) >= 11 is 2.66. The van der Waals surface area contributed by atoms with Gasteiger partial charge in [-0.25, -0.2) is 0 Å². The van der Waals surface area contributed by atoms with E-state index in [-0.39, 0.29) is 5.97 Å². The van der Waals surface area contributed by atoms with E-state index in [1.165, 1.54) is 0 Å². The molecule has 0 heterocycles. The van der Waals surface area contributed by atoms with Crippen molar-refractivity contribution in [3.05, 3.63) is 0 Å². The number of rotatable bonds is 3. The Morgan fingerprint density at radius 2 is 2.44 bits per heavy atom. The molecule has 0 aromatic heterocycles. The Kier molecular flexibility index (Phi) is 4.77. The van der Waals surface area contributed by atoms with Gasteiger partial charge < -0.3 is 0 Å². The Hall–Kier alpha value is -0.0505. The van der Waals surface area contributed by atoms with E-state index in [0.717, 1.165) is 0 Å². The summed E-state index contributed by atoms with van der Waals surface area (Å²) in [4.78, 5) is 10.6. The van der Waals surface area contributed by atoms with Crippen molar-refractivity contribution in [1.82, 2.24) is 0 Å². The molecular weight excluding hydrogens is 185 g/mol. The molecule has 9 heavy (non-hydrogen) atoms. The Morgan fingerprint density at radius 3 is 2.78 bits per heavy atom. The van der Waals surface area contributed by atoms with Crippen LogP contribution in [-0.4, -0.2) is 34.6 Å². The zero-order valence-corrected chi connectivity index (χ0v) is 7.01. The molecule has 0 aromatic rings. The number of hydrogen-bond donors (Lipinski definition) is 1. The summed E-state index contributed by atoms with van der Waals surface area (Å²) in [6.07, 6.45) is 0. The Balaban J connectivity index is 3.46. The van der Waals surface area contributed by atoms with Crippen molar-refractivity contribution < 1.29 is 9.53 Å². The SMILES string of the molecule is CCOC(=O)C(N)C[Se]. The quantitative estimate of drug-likeness (QED) is 0.486. The van der Waals surface area contributed by atoms with E-state index in [4.69, 9.17) is 5.73 Å². The van der Waals surface area contributed by atoms with Crippen LogP contribution >= 0.6 is 0 Å². The second-order valence-corrected chi connectivity index (χ2v) is 2.22. The van der Waals surface area contributed by atoms with Gasteiger partial charge in [-0.1, -0.05) is 0 Å². The minimum atomic E-state index is -0.495. The first-order valence-corrected chi connectivity index (χ1v) is 3.93. The van der Waals surface area contributed by atoms with E-state index in [1.807, 2.05) is 0 Å². The van der Waals surface area contributed by atoms with Crippen molar-refractivity contribution in [2.75, 3.05) is 6.61 Å². The summed E-state index contributed by atoms with van der Waals surface area (Å²) < 4.78 is 4.61. The van der Waals surface area contributed by atoms with Crippen LogP contribution in [0.3, 0.4) is 0 Å². The van der Waals surface area contributed by atoms with Crippen molar-refractivity contribution in [2.45, 2.75) is 18.3 Å². The fourth-order valence-corrected chi connectivity index (χ4v) is 0.603. The number of carbonyl (C=O) groups is 1. The molecule has 0 amide bonds. The predicted octanol–water partition coefficient (Wildman–Crippen LogP) is -0.536. The van der Waals surface area contributed by atoms with E-state index in [0.29, 0.717) is 11.9 Å². The third kappa shape index (κ3) is 3.51. The molecule has 0 rings (SSSR count). The molecule has 0 aliphatic carbocycles. The molecule has 4 heteroatoms. The summed E-state index contributed by atoms with van der Waals surface area (Å²) in [6, 6.07) is -0.495. The number of ether oxygens (including phenoxy) is 1. The molecule has 1 radical (unpaired) electrons. The fourth-order valence-electron chi connectivity index (χ4n) is 0.317. The van der Waals surface area contributed by atoms with E-state index in [2.05, 4.69) is 20.7 Å². The van der Waals surface area contributed by atoms with Crippen LogP contribution in [0.2, 0.25) is 5.32 Å². The van der Waals surface area contributed by atoms with Gasteiger partial charge in [0.2, 0.25) is 0 Å². The number of esters is 1. The maximum absolute atomic E-state index is 10.6.